The van der Waals surface area contributed by atoms with Crippen molar-refractivity contribution in [2.24, 2.45) is 5.73 Å². The molecule has 0 aromatic carbocycles. The molecule has 0 aliphatic carbocycles. The third-order valence-corrected chi connectivity index (χ3v) is 2.38. The maximum atomic E-state index is 12.6. The lowest BCUT2D eigenvalue weighted by atomic mass is 10.2. The zero-order valence-corrected chi connectivity index (χ0v) is 9.90. The lowest BCUT2D eigenvalue weighted by molar-refractivity contribution is -0.137. The van der Waals surface area contributed by atoms with Crippen LogP contribution < -0.4 is 5.73 Å². The topological polar surface area (TPSA) is 73.8 Å². The molecule has 0 fully saturated rings. The predicted octanol–water partition coefficient (Wildman–Crippen LogP) is 2.04. The first-order valence-corrected chi connectivity index (χ1v) is 5.26. The largest absolute Gasteiger partial charge is 0.416 e. The van der Waals surface area contributed by atoms with Crippen LogP contribution in [0.2, 0.25) is 5.15 Å². The Balaban J connectivity index is 2.50. The number of amides is 1. The first-order chi connectivity index (χ1) is 8.77. The summed E-state index contributed by atoms with van der Waals surface area (Å²) in [6, 6.07) is 2.73. The van der Waals surface area contributed by atoms with Crippen molar-refractivity contribution in [3.8, 4) is 5.82 Å². The molecule has 19 heavy (non-hydrogen) atoms. The number of primary amides is 1. The molecule has 0 radical (unpaired) electrons. The van der Waals surface area contributed by atoms with Gasteiger partial charge in [0.05, 0.1) is 5.56 Å². The van der Waals surface area contributed by atoms with Crippen LogP contribution in [0.25, 0.3) is 5.82 Å². The second-order valence-corrected chi connectivity index (χ2v) is 3.93. The van der Waals surface area contributed by atoms with Gasteiger partial charge < -0.3 is 5.73 Å². The number of hydrogen-bond donors (Lipinski definition) is 1. The SMILES string of the molecule is NC(=O)c1ccn(-c2cc(C(F)(F)F)cc(Cl)n2)n1. The number of nitrogens with two attached hydrogens (primary N) is 1. The summed E-state index contributed by atoms with van der Waals surface area (Å²) in [5, 5.41) is 3.37. The molecular formula is C10H6ClF3N4O. The van der Waals surface area contributed by atoms with E-state index in [1.165, 1.54) is 12.3 Å². The fraction of sp³-hybridized carbons (Fsp3) is 0.100. The molecular weight excluding hydrogens is 285 g/mol. The van der Waals surface area contributed by atoms with Crippen molar-refractivity contribution in [2.75, 3.05) is 0 Å². The van der Waals surface area contributed by atoms with Gasteiger partial charge >= 0.3 is 6.18 Å². The van der Waals surface area contributed by atoms with Crippen LogP contribution >= 0.6 is 11.6 Å². The first-order valence-electron chi connectivity index (χ1n) is 4.88. The van der Waals surface area contributed by atoms with Gasteiger partial charge in [-0.15, -0.1) is 0 Å². The van der Waals surface area contributed by atoms with Crippen molar-refractivity contribution in [1.29, 1.82) is 0 Å². The summed E-state index contributed by atoms with van der Waals surface area (Å²) < 4.78 is 38.8. The molecule has 100 valence electrons. The summed E-state index contributed by atoms with van der Waals surface area (Å²) in [4.78, 5) is 14.6. The predicted molar refractivity (Wildman–Crippen MR) is 59.9 cm³/mol. The highest BCUT2D eigenvalue weighted by Crippen LogP contribution is 2.31. The fourth-order valence-corrected chi connectivity index (χ4v) is 1.55. The minimum Gasteiger partial charge on any atom is -0.364 e. The minimum atomic E-state index is -4.55. The summed E-state index contributed by atoms with van der Waals surface area (Å²) in [5.41, 5.74) is 3.95. The van der Waals surface area contributed by atoms with E-state index in [9.17, 15) is 18.0 Å². The van der Waals surface area contributed by atoms with Crippen LogP contribution in [-0.2, 0) is 6.18 Å². The fourth-order valence-electron chi connectivity index (χ4n) is 1.35. The van der Waals surface area contributed by atoms with E-state index in [2.05, 4.69) is 10.1 Å². The molecule has 0 bridgehead atoms. The molecule has 2 N–H and O–H groups in total. The van der Waals surface area contributed by atoms with Gasteiger partial charge in [-0.25, -0.2) is 9.67 Å². The molecule has 0 atom stereocenters. The monoisotopic (exact) mass is 290 g/mol. The number of carbonyl (C=O) groups is 1. The maximum absolute atomic E-state index is 12.6. The normalized spacial score (nSPS) is 11.6. The average molecular weight is 291 g/mol. The number of alkyl halides is 3. The molecule has 0 unspecified atom stereocenters. The lowest BCUT2D eigenvalue weighted by Crippen LogP contribution is -2.13. The number of carbonyl (C=O) groups excluding carboxylic acids is 1. The Hall–Kier alpha value is -2.09. The Morgan fingerprint density at radius 3 is 2.58 bits per heavy atom. The molecule has 0 saturated heterocycles. The van der Waals surface area contributed by atoms with Crippen molar-refractivity contribution in [3.63, 3.8) is 0 Å². The summed E-state index contributed by atoms with van der Waals surface area (Å²) in [6.07, 6.45) is -3.29. The van der Waals surface area contributed by atoms with Crippen LogP contribution in [0.15, 0.2) is 24.4 Å². The molecule has 2 aromatic heterocycles. The molecule has 2 aromatic rings. The van der Waals surface area contributed by atoms with Crippen LogP contribution in [0.5, 0.6) is 0 Å². The highest BCUT2D eigenvalue weighted by atomic mass is 35.5. The number of pyridine rings is 1. The Morgan fingerprint density at radius 1 is 1.37 bits per heavy atom. The molecule has 2 rings (SSSR count). The Labute approximate surface area is 109 Å². The summed E-state index contributed by atoms with van der Waals surface area (Å²) in [7, 11) is 0. The van der Waals surface area contributed by atoms with Gasteiger partial charge in [0.15, 0.2) is 5.82 Å². The van der Waals surface area contributed by atoms with Crippen molar-refractivity contribution in [2.45, 2.75) is 6.18 Å². The smallest absolute Gasteiger partial charge is 0.364 e. The van der Waals surface area contributed by atoms with E-state index in [0.717, 1.165) is 10.7 Å². The van der Waals surface area contributed by atoms with Gasteiger partial charge in [0.1, 0.15) is 10.8 Å². The number of nitrogens with zero attached hydrogens (tertiary/aromatic N) is 3. The highest BCUT2D eigenvalue weighted by molar-refractivity contribution is 6.29. The van der Waals surface area contributed by atoms with E-state index in [0.29, 0.717) is 6.07 Å². The number of rotatable bonds is 2. The van der Waals surface area contributed by atoms with Crippen molar-refractivity contribution >= 4 is 17.5 Å². The molecule has 0 saturated carbocycles. The van der Waals surface area contributed by atoms with E-state index < -0.39 is 17.6 Å². The molecule has 2 heterocycles. The second kappa shape index (κ2) is 4.54. The van der Waals surface area contributed by atoms with Crippen LogP contribution in [-0.4, -0.2) is 20.7 Å². The molecule has 9 heteroatoms. The van der Waals surface area contributed by atoms with Crippen molar-refractivity contribution in [3.05, 3.63) is 40.8 Å². The number of halogens is 4. The average Bonchev–Trinajstić information content (AvgIpc) is 2.76. The zero-order chi connectivity index (χ0) is 14.2. The van der Waals surface area contributed by atoms with Gasteiger partial charge in [-0.2, -0.15) is 18.3 Å². The Bertz CT molecular complexity index is 638. The molecule has 0 spiro atoms. The van der Waals surface area contributed by atoms with Gasteiger partial charge in [0.25, 0.3) is 5.91 Å². The van der Waals surface area contributed by atoms with Crippen molar-refractivity contribution in [1.82, 2.24) is 14.8 Å². The molecule has 0 aliphatic rings. The van der Waals surface area contributed by atoms with Crippen molar-refractivity contribution < 1.29 is 18.0 Å². The van der Waals surface area contributed by atoms with Gasteiger partial charge in [-0.1, -0.05) is 11.6 Å². The standard InChI is InChI=1S/C10H6ClF3N4O/c11-7-3-5(10(12,13)14)4-8(16-7)18-2-1-6(17-18)9(15)19/h1-4H,(H2,15,19). The Morgan fingerprint density at radius 2 is 2.05 bits per heavy atom. The number of hydrogen-bond acceptors (Lipinski definition) is 3. The zero-order valence-electron chi connectivity index (χ0n) is 9.15. The van der Waals surface area contributed by atoms with Crippen LogP contribution in [0.1, 0.15) is 16.1 Å². The maximum Gasteiger partial charge on any atom is 0.416 e. The summed E-state index contributed by atoms with van der Waals surface area (Å²) in [5.74, 6) is -0.954. The van der Waals surface area contributed by atoms with E-state index in [1.807, 2.05) is 0 Å². The van der Waals surface area contributed by atoms with Gasteiger partial charge in [0, 0.05) is 6.20 Å². The molecule has 0 aliphatic heterocycles. The van der Waals surface area contributed by atoms with E-state index in [1.54, 1.807) is 0 Å². The van der Waals surface area contributed by atoms with E-state index in [4.69, 9.17) is 17.3 Å². The van der Waals surface area contributed by atoms with Gasteiger partial charge in [-0.3, -0.25) is 4.79 Å². The summed E-state index contributed by atoms with van der Waals surface area (Å²) in [6.45, 7) is 0. The van der Waals surface area contributed by atoms with E-state index in [-0.39, 0.29) is 16.7 Å². The third kappa shape index (κ3) is 2.84. The second-order valence-electron chi connectivity index (χ2n) is 3.54. The summed E-state index contributed by atoms with van der Waals surface area (Å²) >= 11 is 5.53. The number of aromatic nitrogens is 3. The highest BCUT2D eigenvalue weighted by Gasteiger charge is 2.31. The third-order valence-electron chi connectivity index (χ3n) is 2.18. The van der Waals surface area contributed by atoms with E-state index >= 15 is 0 Å². The van der Waals surface area contributed by atoms with Crippen LogP contribution in [0.4, 0.5) is 13.2 Å². The minimum absolute atomic E-state index is 0.0877. The lowest BCUT2D eigenvalue weighted by Gasteiger charge is -2.09. The first kappa shape index (κ1) is 13.3. The van der Waals surface area contributed by atoms with Crippen LogP contribution in [0.3, 0.4) is 0 Å². The van der Waals surface area contributed by atoms with Gasteiger partial charge in [-0.05, 0) is 18.2 Å². The molecule has 1 amide bonds. The Kier molecular flexibility index (Phi) is 3.19. The molecule has 5 nitrogen and oxygen atoms in total. The van der Waals surface area contributed by atoms with Crippen LogP contribution in [0, 0.1) is 0 Å². The van der Waals surface area contributed by atoms with Gasteiger partial charge in [0.2, 0.25) is 0 Å². The quantitative estimate of drug-likeness (QED) is 0.860.